The standard InChI is InChI=1S/C21H20N2O4S/c24-21(25)17-11-13-18(14-12-17)23-20(16-7-3-1-4-8-16)15-22-28(26,27)19-9-5-2-6-10-19/h1-14,20,22-23H,15H2,(H,24,25). The fraction of sp³-hybridized carbons (Fsp3) is 0.0952. The molecule has 3 aromatic rings. The summed E-state index contributed by atoms with van der Waals surface area (Å²) in [6.07, 6.45) is 0. The highest BCUT2D eigenvalue weighted by molar-refractivity contribution is 7.89. The molecule has 0 aliphatic carbocycles. The predicted molar refractivity (Wildman–Crippen MR) is 108 cm³/mol. The highest BCUT2D eigenvalue weighted by Crippen LogP contribution is 2.20. The molecule has 0 fully saturated rings. The minimum atomic E-state index is -3.64. The Morgan fingerprint density at radius 2 is 1.43 bits per heavy atom. The number of rotatable bonds is 8. The van der Waals surface area contributed by atoms with E-state index in [4.69, 9.17) is 5.11 Å². The summed E-state index contributed by atoms with van der Waals surface area (Å²) in [5.41, 5.74) is 1.78. The second-order valence-electron chi connectivity index (χ2n) is 6.16. The van der Waals surface area contributed by atoms with Crippen LogP contribution < -0.4 is 10.0 Å². The lowest BCUT2D eigenvalue weighted by atomic mass is 10.1. The van der Waals surface area contributed by atoms with Crippen LogP contribution >= 0.6 is 0 Å². The maximum atomic E-state index is 12.5. The average Bonchev–Trinajstić information content (AvgIpc) is 2.73. The molecule has 0 spiro atoms. The van der Waals surface area contributed by atoms with Crippen molar-refractivity contribution in [3.63, 3.8) is 0 Å². The summed E-state index contributed by atoms with van der Waals surface area (Å²) in [7, 11) is -3.64. The molecular weight excluding hydrogens is 376 g/mol. The van der Waals surface area contributed by atoms with Crippen molar-refractivity contribution < 1.29 is 18.3 Å². The highest BCUT2D eigenvalue weighted by Gasteiger charge is 2.18. The van der Waals surface area contributed by atoms with Gasteiger partial charge < -0.3 is 10.4 Å². The first-order valence-electron chi connectivity index (χ1n) is 8.65. The van der Waals surface area contributed by atoms with Crippen molar-refractivity contribution in [2.24, 2.45) is 0 Å². The summed E-state index contributed by atoms with van der Waals surface area (Å²) < 4.78 is 27.7. The Labute approximate surface area is 163 Å². The van der Waals surface area contributed by atoms with Crippen LogP contribution in [0.3, 0.4) is 0 Å². The Morgan fingerprint density at radius 3 is 2.00 bits per heavy atom. The smallest absolute Gasteiger partial charge is 0.335 e. The molecule has 0 aromatic heterocycles. The molecule has 0 bridgehead atoms. The summed E-state index contributed by atoms with van der Waals surface area (Å²) >= 11 is 0. The fourth-order valence-electron chi connectivity index (χ4n) is 2.72. The molecule has 1 atom stereocenters. The summed E-state index contributed by atoms with van der Waals surface area (Å²) in [4.78, 5) is 11.2. The number of sulfonamides is 1. The van der Waals surface area contributed by atoms with E-state index in [0.29, 0.717) is 5.69 Å². The van der Waals surface area contributed by atoms with Gasteiger partial charge in [0, 0.05) is 12.2 Å². The molecule has 0 amide bonds. The van der Waals surface area contributed by atoms with Gasteiger partial charge in [0.05, 0.1) is 16.5 Å². The number of hydrogen-bond donors (Lipinski definition) is 3. The van der Waals surface area contributed by atoms with Crippen LogP contribution in [0.15, 0.2) is 89.8 Å². The van der Waals surface area contributed by atoms with E-state index in [1.807, 2.05) is 30.3 Å². The normalized spacial score (nSPS) is 12.3. The molecule has 3 aromatic carbocycles. The minimum absolute atomic E-state index is 0.127. The lowest BCUT2D eigenvalue weighted by Crippen LogP contribution is -2.31. The van der Waals surface area contributed by atoms with Gasteiger partial charge in [-0.2, -0.15) is 0 Å². The van der Waals surface area contributed by atoms with Crippen LogP contribution in [0.4, 0.5) is 5.69 Å². The Balaban J connectivity index is 1.79. The number of carboxylic acids is 1. The summed E-state index contributed by atoms with van der Waals surface area (Å²) in [5, 5.41) is 12.3. The lowest BCUT2D eigenvalue weighted by molar-refractivity contribution is 0.0697. The van der Waals surface area contributed by atoms with Crippen molar-refractivity contribution in [1.29, 1.82) is 0 Å². The van der Waals surface area contributed by atoms with E-state index in [-0.39, 0.29) is 23.0 Å². The number of anilines is 1. The molecule has 28 heavy (non-hydrogen) atoms. The van der Waals surface area contributed by atoms with Gasteiger partial charge in [-0.1, -0.05) is 48.5 Å². The number of benzene rings is 3. The van der Waals surface area contributed by atoms with Crippen molar-refractivity contribution in [2.75, 3.05) is 11.9 Å². The fourth-order valence-corrected chi connectivity index (χ4v) is 3.79. The molecule has 1 unspecified atom stereocenters. The van der Waals surface area contributed by atoms with Gasteiger partial charge in [-0.05, 0) is 42.0 Å². The lowest BCUT2D eigenvalue weighted by Gasteiger charge is -2.21. The third-order valence-corrected chi connectivity index (χ3v) is 5.65. The van der Waals surface area contributed by atoms with E-state index in [9.17, 15) is 13.2 Å². The van der Waals surface area contributed by atoms with E-state index in [0.717, 1.165) is 5.56 Å². The van der Waals surface area contributed by atoms with Gasteiger partial charge in [-0.15, -0.1) is 0 Å². The number of hydrogen-bond acceptors (Lipinski definition) is 4. The van der Waals surface area contributed by atoms with Crippen LogP contribution in [-0.4, -0.2) is 26.0 Å². The summed E-state index contributed by atoms with van der Waals surface area (Å²) in [6.45, 7) is 0.127. The van der Waals surface area contributed by atoms with Crippen LogP contribution in [0.1, 0.15) is 22.0 Å². The summed E-state index contributed by atoms with van der Waals surface area (Å²) in [5.74, 6) is -0.998. The monoisotopic (exact) mass is 396 g/mol. The SMILES string of the molecule is O=C(O)c1ccc(NC(CNS(=O)(=O)c2ccccc2)c2ccccc2)cc1. The molecule has 0 heterocycles. The molecule has 0 saturated heterocycles. The Bertz CT molecular complexity index is 1020. The number of carbonyl (C=O) groups is 1. The molecule has 0 aliphatic rings. The minimum Gasteiger partial charge on any atom is -0.478 e. The van der Waals surface area contributed by atoms with Crippen LogP contribution in [-0.2, 0) is 10.0 Å². The average molecular weight is 396 g/mol. The van der Waals surface area contributed by atoms with Gasteiger partial charge in [-0.3, -0.25) is 0 Å². The van der Waals surface area contributed by atoms with Crippen molar-refractivity contribution in [3.8, 4) is 0 Å². The maximum absolute atomic E-state index is 12.5. The molecule has 0 aliphatic heterocycles. The number of carboxylic acid groups (broad SMARTS) is 1. The second kappa shape index (κ2) is 8.69. The molecule has 144 valence electrons. The maximum Gasteiger partial charge on any atom is 0.335 e. The third-order valence-electron chi connectivity index (χ3n) is 4.21. The Morgan fingerprint density at radius 1 is 0.857 bits per heavy atom. The van der Waals surface area contributed by atoms with Crippen LogP contribution in [0.5, 0.6) is 0 Å². The third kappa shape index (κ3) is 4.97. The van der Waals surface area contributed by atoms with E-state index >= 15 is 0 Å². The van der Waals surface area contributed by atoms with Gasteiger partial charge in [0.1, 0.15) is 0 Å². The van der Waals surface area contributed by atoms with Crippen molar-refractivity contribution >= 4 is 21.7 Å². The second-order valence-corrected chi connectivity index (χ2v) is 7.92. The van der Waals surface area contributed by atoms with E-state index in [1.54, 1.807) is 30.3 Å². The van der Waals surface area contributed by atoms with E-state index in [2.05, 4.69) is 10.0 Å². The zero-order valence-corrected chi connectivity index (χ0v) is 15.8. The van der Waals surface area contributed by atoms with Gasteiger partial charge in [0.15, 0.2) is 0 Å². The highest BCUT2D eigenvalue weighted by atomic mass is 32.2. The number of nitrogens with one attached hydrogen (secondary N) is 2. The zero-order chi connectivity index (χ0) is 20.0. The van der Waals surface area contributed by atoms with E-state index in [1.165, 1.54) is 24.3 Å². The molecule has 0 saturated carbocycles. The van der Waals surface area contributed by atoms with Crippen LogP contribution in [0, 0.1) is 0 Å². The first-order valence-corrected chi connectivity index (χ1v) is 10.1. The molecule has 3 rings (SSSR count). The molecular formula is C21H20N2O4S. The van der Waals surface area contributed by atoms with Crippen LogP contribution in [0.2, 0.25) is 0 Å². The topological polar surface area (TPSA) is 95.5 Å². The van der Waals surface area contributed by atoms with Gasteiger partial charge in [0.2, 0.25) is 10.0 Å². The van der Waals surface area contributed by atoms with E-state index < -0.39 is 16.0 Å². The first kappa shape index (κ1) is 19.6. The molecule has 7 heteroatoms. The van der Waals surface area contributed by atoms with Crippen LogP contribution in [0.25, 0.3) is 0 Å². The quantitative estimate of drug-likeness (QED) is 0.541. The molecule has 3 N–H and O–H groups in total. The van der Waals surface area contributed by atoms with Crippen molar-refractivity contribution in [3.05, 3.63) is 96.1 Å². The Kier molecular flexibility index (Phi) is 6.08. The molecule has 0 radical (unpaired) electrons. The predicted octanol–water partition coefficient (Wildman–Crippen LogP) is 3.52. The van der Waals surface area contributed by atoms with Gasteiger partial charge in [0.25, 0.3) is 0 Å². The van der Waals surface area contributed by atoms with Crippen molar-refractivity contribution in [2.45, 2.75) is 10.9 Å². The van der Waals surface area contributed by atoms with Crippen molar-refractivity contribution in [1.82, 2.24) is 4.72 Å². The molecule has 6 nitrogen and oxygen atoms in total. The Hall–Kier alpha value is -3.16. The van der Waals surface area contributed by atoms with Gasteiger partial charge >= 0.3 is 5.97 Å². The summed E-state index contributed by atoms with van der Waals surface area (Å²) in [6, 6.07) is 23.6. The zero-order valence-electron chi connectivity index (χ0n) is 14.9. The number of aromatic carboxylic acids is 1. The largest absolute Gasteiger partial charge is 0.478 e. The first-order chi connectivity index (χ1) is 13.5. The van der Waals surface area contributed by atoms with Gasteiger partial charge in [-0.25, -0.2) is 17.9 Å².